The monoisotopic (exact) mass is 439 g/mol. The number of aromatic nitrogens is 2. The summed E-state index contributed by atoms with van der Waals surface area (Å²) in [5, 5.41) is 14.2. The van der Waals surface area contributed by atoms with Crippen LogP contribution in [0.3, 0.4) is 0 Å². The number of nitrogens with zero attached hydrogens (tertiary/aromatic N) is 2. The number of rotatable bonds is 8. The topological polar surface area (TPSA) is 84.3 Å². The molecule has 4 rings (SSSR count). The molecule has 0 aliphatic heterocycles. The number of methoxy groups -OCH3 is 1. The molecule has 0 spiro atoms. The molecule has 0 amide bonds. The van der Waals surface area contributed by atoms with Crippen LogP contribution in [-0.4, -0.2) is 34.2 Å². The van der Waals surface area contributed by atoms with Crippen molar-refractivity contribution in [1.82, 2.24) is 9.97 Å². The molecular formula is C27H25N3O3. The number of anilines is 1. The summed E-state index contributed by atoms with van der Waals surface area (Å²) in [5.41, 5.74) is 3.97. The summed E-state index contributed by atoms with van der Waals surface area (Å²) in [5.74, 6) is 0.120. The molecule has 166 valence electrons. The highest BCUT2D eigenvalue weighted by Gasteiger charge is 2.21. The Labute approximate surface area is 192 Å². The molecule has 0 fully saturated rings. The first-order valence-electron chi connectivity index (χ1n) is 10.7. The van der Waals surface area contributed by atoms with Crippen molar-refractivity contribution in [3.63, 3.8) is 0 Å². The van der Waals surface area contributed by atoms with Gasteiger partial charge in [0.1, 0.15) is 24.3 Å². The standard InChI is InChI=1S/C27H25N3O3/c1-33-27(32)24(16-19-10-4-2-5-11-19)30-25-17-23(28-18-29-25)21-14-8-9-15-22(21)26(31)20-12-6-3-7-13-20/h2-15,17-18,24,26,31H,16H2,1H3,(H,28,29,30)/t24-,26?/m0/s1. The van der Waals surface area contributed by atoms with Crippen molar-refractivity contribution in [2.75, 3.05) is 12.4 Å². The number of carbonyl (C=O) groups is 1. The minimum absolute atomic E-state index is 0.376. The zero-order valence-corrected chi connectivity index (χ0v) is 18.3. The molecule has 1 aromatic heterocycles. The fourth-order valence-electron chi connectivity index (χ4n) is 3.73. The SMILES string of the molecule is COC(=O)[C@H](Cc1ccccc1)Nc1cc(-c2ccccc2C(O)c2ccccc2)ncn1. The average molecular weight is 440 g/mol. The Kier molecular flexibility index (Phi) is 7.07. The highest BCUT2D eigenvalue weighted by atomic mass is 16.5. The predicted octanol–water partition coefficient (Wildman–Crippen LogP) is 4.42. The highest BCUT2D eigenvalue weighted by Crippen LogP contribution is 2.31. The zero-order valence-electron chi connectivity index (χ0n) is 18.3. The Morgan fingerprint density at radius 2 is 1.61 bits per heavy atom. The number of benzene rings is 3. The lowest BCUT2D eigenvalue weighted by atomic mass is 9.95. The number of nitrogens with one attached hydrogen (secondary N) is 1. The maximum atomic E-state index is 12.4. The van der Waals surface area contributed by atoms with E-state index in [1.54, 1.807) is 6.07 Å². The van der Waals surface area contributed by atoms with Gasteiger partial charge < -0.3 is 15.2 Å². The molecule has 0 aliphatic carbocycles. The van der Waals surface area contributed by atoms with Gasteiger partial charge in [-0.1, -0.05) is 84.9 Å². The van der Waals surface area contributed by atoms with Crippen LogP contribution in [0.5, 0.6) is 0 Å². The van der Waals surface area contributed by atoms with Gasteiger partial charge in [0.2, 0.25) is 0 Å². The van der Waals surface area contributed by atoms with E-state index in [-0.39, 0.29) is 5.97 Å². The molecule has 4 aromatic rings. The summed E-state index contributed by atoms with van der Waals surface area (Å²) in [7, 11) is 1.37. The molecule has 2 N–H and O–H groups in total. The molecule has 0 bridgehead atoms. The van der Waals surface area contributed by atoms with Crippen LogP contribution < -0.4 is 5.32 Å². The second-order valence-corrected chi connectivity index (χ2v) is 7.60. The van der Waals surface area contributed by atoms with Crippen molar-refractivity contribution in [2.45, 2.75) is 18.6 Å². The summed E-state index contributed by atoms with van der Waals surface area (Å²) >= 11 is 0. The number of aliphatic hydroxyl groups is 1. The van der Waals surface area contributed by atoms with Crippen molar-refractivity contribution < 1.29 is 14.6 Å². The summed E-state index contributed by atoms with van der Waals surface area (Å²) in [6, 6.07) is 28.0. The van der Waals surface area contributed by atoms with Crippen LogP contribution in [0.25, 0.3) is 11.3 Å². The lowest BCUT2D eigenvalue weighted by molar-refractivity contribution is -0.141. The van der Waals surface area contributed by atoms with Crippen LogP contribution in [0.15, 0.2) is 97.3 Å². The molecule has 0 aliphatic rings. The number of esters is 1. The van der Waals surface area contributed by atoms with Gasteiger partial charge in [-0.05, 0) is 16.7 Å². The summed E-state index contributed by atoms with van der Waals surface area (Å²) in [6.07, 6.45) is 1.10. The molecule has 3 aromatic carbocycles. The maximum absolute atomic E-state index is 12.4. The van der Waals surface area contributed by atoms with Gasteiger partial charge in [0.25, 0.3) is 0 Å². The molecule has 6 heteroatoms. The Morgan fingerprint density at radius 3 is 2.33 bits per heavy atom. The molecule has 0 saturated carbocycles. The van der Waals surface area contributed by atoms with Gasteiger partial charge >= 0.3 is 5.97 Å². The molecular weight excluding hydrogens is 414 g/mol. The third-order valence-electron chi connectivity index (χ3n) is 5.40. The number of hydrogen-bond acceptors (Lipinski definition) is 6. The summed E-state index contributed by atoms with van der Waals surface area (Å²) in [6.45, 7) is 0. The Morgan fingerprint density at radius 1 is 0.939 bits per heavy atom. The van der Waals surface area contributed by atoms with Crippen molar-refractivity contribution in [1.29, 1.82) is 0 Å². The molecule has 0 saturated heterocycles. The maximum Gasteiger partial charge on any atom is 0.328 e. The van der Waals surface area contributed by atoms with Gasteiger partial charge in [0, 0.05) is 18.1 Å². The lowest BCUT2D eigenvalue weighted by Crippen LogP contribution is -2.33. The van der Waals surface area contributed by atoms with Gasteiger partial charge in [0.05, 0.1) is 12.8 Å². The first-order chi connectivity index (χ1) is 16.2. The van der Waals surface area contributed by atoms with Crippen LogP contribution >= 0.6 is 0 Å². The molecule has 2 atom stereocenters. The largest absolute Gasteiger partial charge is 0.467 e. The van der Waals surface area contributed by atoms with E-state index in [9.17, 15) is 9.90 Å². The average Bonchev–Trinajstić information content (AvgIpc) is 2.88. The molecule has 1 heterocycles. The van der Waals surface area contributed by atoms with Gasteiger partial charge in [-0.2, -0.15) is 0 Å². The van der Waals surface area contributed by atoms with Gasteiger partial charge in [-0.3, -0.25) is 0 Å². The number of hydrogen-bond donors (Lipinski definition) is 2. The van der Waals surface area contributed by atoms with Crippen LogP contribution in [0.4, 0.5) is 5.82 Å². The van der Waals surface area contributed by atoms with E-state index in [1.807, 2.05) is 84.9 Å². The molecule has 6 nitrogen and oxygen atoms in total. The lowest BCUT2D eigenvalue weighted by Gasteiger charge is -2.18. The van der Waals surface area contributed by atoms with E-state index in [0.29, 0.717) is 17.9 Å². The van der Waals surface area contributed by atoms with Crippen molar-refractivity contribution in [2.24, 2.45) is 0 Å². The van der Waals surface area contributed by atoms with Gasteiger partial charge in [-0.25, -0.2) is 14.8 Å². The third-order valence-corrected chi connectivity index (χ3v) is 5.40. The van der Waals surface area contributed by atoms with Gasteiger partial charge in [0.15, 0.2) is 0 Å². The number of ether oxygens (including phenoxy) is 1. The minimum Gasteiger partial charge on any atom is -0.467 e. The molecule has 1 unspecified atom stereocenters. The van der Waals surface area contributed by atoms with Crippen LogP contribution in [0.2, 0.25) is 0 Å². The summed E-state index contributed by atoms with van der Waals surface area (Å²) in [4.78, 5) is 21.1. The quantitative estimate of drug-likeness (QED) is 0.396. The van der Waals surface area contributed by atoms with E-state index in [0.717, 1.165) is 22.3 Å². The van der Waals surface area contributed by atoms with E-state index in [1.165, 1.54) is 13.4 Å². The second kappa shape index (κ2) is 10.5. The van der Waals surface area contributed by atoms with Crippen LogP contribution in [0.1, 0.15) is 22.8 Å². The predicted molar refractivity (Wildman–Crippen MR) is 128 cm³/mol. The smallest absolute Gasteiger partial charge is 0.328 e. The zero-order chi connectivity index (χ0) is 23.0. The van der Waals surface area contributed by atoms with Crippen molar-refractivity contribution >= 4 is 11.8 Å². The highest BCUT2D eigenvalue weighted by molar-refractivity contribution is 5.79. The fourth-order valence-corrected chi connectivity index (χ4v) is 3.73. The first kappa shape index (κ1) is 22.2. The Balaban J connectivity index is 1.62. The van der Waals surface area contributed by atoms with Crippen LogP contribution in [0, 0.1) is 0 Å². The molecule has 0 radical (unpaired) electrons. The number of aliphatic hydroxyl groups excluding tert-OH is 1. The second-order valence-electron chi connectivity index (χ2n) is 7.60. The third kappa shape index (κ3) is 5.42. The van der Waals surface area contributed by atoms with E-state index in [2.05, 4.69) is 15.3 Å². The Hall–Kier alpha value is -4.03. The first-order valence-corrected chi connectivity index (χ1v) is 10.7. The summed E-state index contributed by atoms with van der Waals surface area (Å²) < 4.78 is 4.99. The fraction of sp³-hybridized carbons (Fsp3) is 0.148. The normalized spacial score (nSPS) is 12.5. The van der Waals surface area contributed by atoms with Gasteiger partial charge in [-0.15, -0.1) is 0 Å². The van der Waals surface area contributed by atoms with Crippen molar-refractivity contribution in [3.8, 4) is 11.3 Å². The van der Waals surface area contributed by atoms with Crippen LogP contribution in [-0.2, 0) is 16.0 Å². The van der Waals surface area contributed by atoms with Crippen molar-refractivity contribution in [3.05, 3.63) is 114 Å². The number of carbonyl (C=O) groups excluding carboxylic acids is 1. The van der Waals surface area contributed by atoms with E-state index in [4.69, 9.17) is 4.74 Å². The Bertz CT molecular complexity index is 1200. The van der Waals surface area contributed by atoms with E-state index < -0.39 is 12.1 Å². The minimum atomic E-state index is -0.797. The van der Waals surface area contributed by atoms with E-state index >= 15 is 0 Å². The molecule has 33 heavy (non-hydrogen) atoms.